The summed E-state index contributed by atoms with van der Waals surface area (Å²) in [6, 6.07) is 3.66. The van der Waals surface area contributed by atoms with Gasteiger partial charge in [0.1, 0.15) is 6.26 Å². The molecular formula is C6H5FNOS. The van der Waals surface area contributed by atoms with Gasteiger partial charge in [0.05, 0.1) is 6.07 Å². The summed E-state index contributed by atoms with van der Waals surface area (Å²) in [5.74, 6) is -0.621. The summed E-state index contributed by atoms with van der Waals surface area (Å²) in [4.78, 5) is 3.61. The average molecular weight is 158 g/mol. The molecule has 0 saturated heterocycles. The van der Waals surface area contributed by atoms with Crippen LogP contribution in [-0.2, 0) is 11.2 Å². The Balaban J connectivity index is 2.96. The van der Waals surface area contributed by atoms with Crippen LogP contribution in [0.15, 0.2) is 17.2 Å². The minimum Gasteiger partial charge on any atom is -0.612 e. The lowest BCUT2D eigenvalue weighted by Gasteiger charge is -2.01. The molecule has 1 unspecified atom stereocenters. The molecular weight excluding hydrogens is 153 g/mol. The minimum absolute atomic E-state index is 0.340. The fraction of sp³-hybridized carbons (Fsp3) is 0.167. The molecule has 53 valence electrons. The molecule has 0 aliphatic heterocycles. The van der Waals surface area contributed by atoms with Crippen LogP contribution in [0.2, 0.25) is 0 Å². The van der Waals surface area contributed by atoms with E-state index in [1.165, 1.54) is 12.5 Å². The Morgan fingerprint density at radius 3 is 2.90 bits per heavy atom. The van der Waals surface area contributed by atoms with E-state index in [9.17, 15) is 8.94 Å². The number of halogens is 1. The lowest BCUT2D eigenvalue weighted by Crippen LogP contribution is -1.98. The molecule has 0 amide bonds. The van der Waals surface area contributed by atoms with E-state index in [-0.39, 0.29) is 0 Å². The third kappa shape index (κ3) is 1.68. The molecule has 1 heterocycles. The van der Waals surface area contributed by atoms with Gasteiger partial charge in [0.25, 0.3) is 0 Å². The summed E-state index contributed by atoms with van der Waals surface area (Å²) < 4.78 is 22.9. The number of hydrogen-bond acceptors (Lipinski definition) is 2. The SMILES string of the molecule is C[S+]([O-])c1[c]cnc(F)c1. The van der Waals surface area contributed by atoms with E-state index in [0.29, 0.717) is 4.90 Å². The van der Waals surface area contributed by atoms with Crippen molar-refractivity contribution in [3.63, 3.8) is 0 Å². The number of hydrogen-bond donors (Lipinski definition) is 0. The van der Waals surface area contributed by atoms with E-state index in [2.05, 4.69) is 11.1 Å². The van der Waals surface area contributed by atoms with Crippen LogP contribution < -0.4 is 0 Å². The van der Waals surface area contributed by atoms with Crippen LogP contribution in [0, 0.1) is 12.0 Å². The smallest absolute Gasteiger partial charge is 0.217 e. The second kappa shape index (κ2) is 2.98. The standard InChI is InChI=1S/C6H5FNOS/c1-10(9)5-2-3-8-6(7)4-5/h3-4H,1H3. The molecule has 10 heavy (non-hydrogen) atoms. The number of pyridine rings is 1. The van der Waals surface area contributed by atoms with Crippen LogP contribution >= 0.6 is 0 Å². The predicted molar refractivity (Wildman–Crippen MR) is 35.4 cm³/mol. The van der Waals surface area contributed by atoms with E-state index < -0.39 is 17.1 Å². The van der Waals surface area contributed by atoms with Crippen molar-refractivity contribution in [1.82, 2.24) is 4.98 Å². The Morgan fingerprint density at radius 2 is 2.50 bits per heavy atom. The summed E-state index contributed by atoms with van der Waals surface area (Å²) in [7, 11) is 0. The third-order valence-electron chi connectivity index (χ3n) is 0.955. The Hall–Kier alpha value is -0.610. The van der Waals surface area contributed by atoms with Crippen molar-refractivity contribution < 1.29 is 8.94 Å². The molecule has 1 radical (unpaired) electrons. The minimum atomic E-state index is -1.17. The van der Waals surface area contributed by atoms with Gasteiger partial charge in [0.15, 0.2) is 4.90 Å². The second-order valence-electron chi connectivity index (χ2n) is 1.69. The monoisotopic (exact) mass is 158 g/mol. The Morgan fingerprint density at radius 1 is 1.80 bits per heavy atom. The van der Waals surface area contributed by atoms with E-state index in [4.69, 9.17) is 0 Å². The van der Waals surface area contributed by atoms with Gasteiger partial charge in [-0.15, -0.1) is 0 Å². The van der Waals surface area contributed by atoms with E-state index in [1.807, 2.05) is 0 Å². The van der Waals surface area contributed by atoms with Crippen molar-refractivity contribution >= 4 is 11.2 Å². The highest BCUT2D eigenvalue weighted by Crippen LogP contribution is 2.06. The first kappa shape index (κ1) is 7.50. The molecule has 1 aromatic heterocycles. The molecule has 4 heteroatoms. The van der Waals surface area contributed by atoms with Gasteiger partial charge in [0, 0.05) is 12.3 Å². The molecule has 1 atom stereocenters. The molecule has 0 saturated carbocycles. The number of aromatic nitrogens is 1. The van der Waals surface area contributed by atoms with Crippen LogP contribution in [0.3, 0.4) is 0 Å². The zero-order valence-corrected chi connectivity index (χ0v) is 6.11. The number of rotatable bonds is 1. The van der Waals surface area contributed by atoms with Crippen LogP contribution in [0.1, 0.15) is 0 Å². The summed E-state index contributed by atoms with van der Waals surface area (Å²) >= 11 is -1.17. The topological polar surface area (TPSA) is 36.0 Å². The highest BCUT2D eigenvalue weighted by Gasteiger charge is 2.04. The summed E-state index contributed by atoms with van der Waals surface area (Å²) in [6.07, 6.45) is 2.64. The molecule has 0 N–H and O–H groups in total. The van der Waals surface area contributed by atoms with Gasteiger partial charge in [0.2, 0.25) is 5.95 Å². The fourth-order valence-corrected chi connectivity index (χ4v) is 0.993. The van der Waals surface area contributed by atoms with Crippen molar-refractivity contribution in [3.05, 3.63) is 24.3 Å². The zero-order chi connectivity index (χ0) is 7.56. The van der Waals surface area contributed by atoms with Gasteiger partial charge in [-0.05, 0) is 11.2 Å². The van der Waals surface area contributed by atoms with Crippen LogP contribution in [0.5, 0.6) is 0 Å². The zero-order valence-electron chi connectivity index (χ0n) is 5.30. The lowest BCUT2D eigenvalue weighted by molar-refractivity contribution is 0.572. The maximum Gasteiger partial charge on any atom is 0.217 e. The quantitative estimate of drug-likeness (QED) is 0.447. The highest BCUT2D eigenvalue weighted by atomic mass is 32.2. The maximum absolute atomic E-state index is 12.3. The van der Waals surface area contributed by atoms with Crippen molar-refractivity contribution in [3.8, 4) is 0 Å². The van der Waals surface area contributed by atoms with Crippen LogP contribution in [0.25, 0.3) is 0 Å². The first-order valence-electron chi connectivity index (χ1n) is 2.57. The van der Waals surface area contributed by atoms with Crippen molar-refractivity contribution in [2.24, 2.45) is 0 Å². The largest absolute Gasteiger partial charge is 0.612 e. The first-order valence-corrected chi connectivity index (χ1v) is 4.12. The van der Waals surface area contributed by atoms with Crippen molar-refractivity contribution in [2.45, 2.75) is 4.90 Å². The molecule has 0 aliphatic carbocycles. The van der Waals surface area contributed by atoms with Crippen LogP contribution in [0.4, 0.5) is 4.39 Å². The van der Waals surface area contributed by atoms with Gasteiger partial charge in [-0.3, -0.25) is 0 Å². The van der Waals surface area contributed by atoms with Crippen LogP contribution in [-0.4, -0.2) is 15.8 Å². The van der Waals surface area contributed by atoms with E-state index >= 15 is 0 Å². The Kier molecular flexibility index (Phi) is 2.24. The van der Waals surface area contributed by atoms with Gasteiger partial charge in [-0.25, -0.2) is 4.98 Å². The van der Waals surface area contributed by atoms with Crippen molar-refractivity contribution in [2.75, 3.05) is 6.26 Å². The molecule has 0 aliphatic rings. The predicted octanol–water partition coefficient (Wildman–Crippen LogP) is 0.758. The van der Waals surface area contributed by atoms with Gasteiger partial charge < -0.3 is 4.55 Å². The maximum atomic E-state index is 12.3. The highest BCUT2D eigenvalue weighted by molar-refractivity contribution is 7.90. The Labute approximate surface area is 61.3 Å². The summed E-state index contributed by atoms with van der Waals surface area (Å²) in [6.45, 7) is 0. The number of nitrogens with zero attached hydrogens (tertiary/aromatic N) is 1. The molecule has 0 spiro atoms. The summed E-state index contributed by atoms with van der Waals surface area (Å²) in [5, 5.41) is 0. The molecule has 1 aromatic rings. The molecule has 2 nitrogen and oxygen atoms in total. The van der Waals surface area contributed by atoms with Crippen molar-refractivity contribution in [1.29, 1.82) is 0 Å². The lowest BCUT2D eigenvalue weighted by atomic mass is 10.5. The van der Waals surface area contributed by atoms with Gasteiger partial charge in [-0.2, -0.15) is 4.39 Å². The van der Waals surface area contributed by atoms with E-state index in [0.717, 1.165) is 6.07 Å². The molecule has 0 bridgehead atoms. The average Bonchev–Trinajstić information content (AvgIpc) is 1.88. The molecule has 0 aromatic carbocycles. The van der Waals surface area contributed by atoms with Gasteiger partial charge in [-0.1, -0.05) is 0 Å². The second-order valence-corrected chi connectivity index (χ2v) is 3.04. The van der Waals surface area contributed by atoms with Gasteiger partial charge >= 0.3 is 0 Å². The third-order valence-corrected chi connectivity index (χ3v) is 1.81. The van der Waals surface area contributed by atoms with E-state index in [1.54, 1.807) is 0 Å². The molecule has 0 fully saturated rings. The fourth-order valence-electron chi connectivity index (χ4n) is 0.511. The first-order chi connectivity index (χ1) is 4.70. The summed E-state index contributed by atoms with van der Waals surface area (Å²) in [5.41, 5.74) is 0. The molecule has 1 rings (SSSR count). The Bertz CT molecular complexity index is 229. The normalized spacial score (nSPS) is 13.1.